The molecule has 0 saturated heterocycles. The fourth-order valence-corrected chi connectivity index (χ4v) is 9.32. The van der Waals surface area contributed by atoms with Crippen molar-refractivity contribution in [3.05, 3.63) is 211 Å². The Balaban J connectivity index is 1.09. The Labute approximate surface area is 343 Å². The van der Waals surface area contributed by atoms with Gasteiger partial charge in [0, 0.05) is 17.1 Å². The van der Waals surface area contributed by atoms with E-state index in [9.17, 15) is 0 Å². The van der Waals surface area contributed by atoms with Gasteiger partial charge in [0.1, 0.15) is 5.82 Å². The summed E-state index contributed by atoms with van der Waals surface area (Å²) < 4.78 is 2.25. The fraction of sp³-hybridized carbons (Fsp3) is 0.0351. The molecule has 0 N–H and O–H groups in total. The van der Waals surface area contributed by atoms with Gasteiger partial charge < -0.3 is 0 Å². The highest BCUT2D eigenvalue weighted by molar-refractivity contribution is 6.12. The quantitative estimate of drug-likeness (QED) is 0.117. The molecular weight excluding hydrogens is 713 g/mol. The highest BCUT2D eigenvalue weighted by atomic mass is 15.1. The fourth-order valence-electron chi connectivity index (χ4n) is 9.32. The van der Waals surface area contributed by atoms with E-state index in [2.05, 4.69) is 199 Å². The molecule has 1 heterocycles. The van der Waals surface area contributed by atoms with E-state index in [0.29, 0.717) is 0 Å². The third-order valence-electron chi connectivity index (χ3n) is 12.0. The van der Waals surface area contributed by atoms with Crippen molar-refractivity contribution in [1.29, 1.82) is 0 Å². The van der Waals surface area contributed by atoms with Crippen LogP contribution < -0.4 is 10.4 Å². The second-order valence-electron chi connectivity index (χ2n) is 15.4. The molecule has 1 aliphatic rings. The van der Waals surface area contributed by atoms with E-state index < -0.39 is 0 Å². The van der Waals surface area contributed by atoms with E-state index in [1.165, 1.54) is 81.3 Å². The molecule has 2 nitrogen and oxygen atoms in total. The Bertz CT molecular complexity index is 3430. The van der Waals surface area contributed by atoms with Crippen LogP contribution in [0, 0.1) is 0 Å². The first-order valence-corrected chi connectivity index (χ1v) is 20.5. The number of benzene rings is 9. The molecule has 0 amide bonds. The molecule has 0 bridgehead atoms. The number of imidazole rings is 1. The molecule has 2 heteroatoms. The minimum Gasteiger partial charge on any atom is -0.299 e. The summed E-state index contributed by atoms with van der Waals surface area (Å²) in [4.78, 5) is 5.19. The van der Waals surface area contributed by atoms with Crippen molar-refractivity contribution < 1.29 is 0 Å². The monoisotopic (exact) mass is 752 g/mol. The number of allylic oxidation sites excluding steroid dienone is 2. The van der Waals surface area contributed by atoms with Crippen LogP contribution in [0.3, 0.4) is 0 Å². The summed E-state index contributed by atoms with van der Waals surface area (Å²) in [6, 6.07) is 62.1. The zero-order valence-electron chi connectivity index (χ0n) is 32.6. The second kappa shape index (κ2) is 14.4. The third-order valence-corrected chi connectivity index (χ3v) is 12.0. The van der Waals surface area contributed by atoms with Gasteiger partial charge in [-0.1, -0.05) is 189 Å². The maximum absolute atomic E-state index is 5.19. The van der Waals surface area contributed by atoms with Crippen molar-refractivity contribution in [2.75, 3.05) is 0 Å². The number of nitrogens with zero attached hydrogens (tertiary/aromatic N) is 2. The summed E-state index contributed by atoms with van der Waals surface area (Å²) >= 11 is 0. The van der Waals surface area contributed by atoms with E-state index in [-0.39, 0.29) is 0 Å². The smallest absolute Gasteiger partial charge is 0.145 e. The van der Waals surface area contributed by atoms with E-state index in [4.69, 9.17) is 4.98 Å². The first-order chi connectivity index (χ1) is 29.2. The topological polar surface area (TPSA) is 17.8 Å². The lowest BCUT2D eigenvalue weighted by Crippen LogP contribution is -2.31. The zero-order valence-corrected chi connectivity index (χ0v) is 32.6. The summed E-state index contributed by atoms with van der Waals surface area (Å²) in [6.45, 7) is 3.90. The van der Waals surface area contributed by atoms with Crippen LogP contribution in [0.4, 0.5) is 0 Å². The summed E-state index contributed by atoms with van der Waals surface area (Å²) in [5.41, 5.74) is 10.5. The van der Waals surface area contributed by atoms with Gasteiger partial charge >= 0.3 is 0 Å². The van der Waals surface area contributed by atoms with Gasteiger partial charge in [0.25, 0.3) is 0 Å². The first-order valence-electron chi connectivity index (χ1n) is 20.5. The lowest BCUT2D eigenvalue weighted by molar-refractivity contribution is 1.08. The predicted octanol–water partition coefficient (Wildman–Crippen LogP) is 13.7. The van der Waals surface area contributed by atoms with Crippen molar-refractivity contribution in [1.82, 2.24) is 9.55 Å². The molecule has 1 aliphatic carbocycles. The Kier molecular flexibility index (Phi) is 8.48. The van der Waals surface area contributed by atoms with Crippen LogP contribution in [0.15, 0.2) is 195 Å². The average Bonchev–Trinajstić information content (AvgIpc) is 3.74. The van der Waals surface area contributed by atoms with Gasteiger partial charge in [-0.05, 0) is 113 Å². The molecule has 0 radical (unpaired) electrons. The summed E-state index contributed by atoms with van der Waals surface area (Å²) in [5.74, 6) is 0.892. The van der Waals surface area contributed by atoms with Gasteiger partial charge in [-0.3, -0.25) is 4.57 Å². The van der Waals surface area contributed by atoms with Gasteiger partial charge in [0.15, 0.2) is 0 Å². The predicted molar refractivity (Wildman–Crippen MR) is 252 cm³/mol. The highest BCUT2D eigenvalue weighted by Gasteiger charge is 2.19. The largest absolute Gasteiger partial charge is 0.299 e. The van der Waals surface area contributed by atoms with Crippen molar-refractivity contribution in [3.63, 3.8) is 0 Å². The third kappa shape index (κ3) is 5.92. The van der Waals surface area contributed by atoms with E-state index >= 15 is 0 Å². The Morgan fingerprint density at radius 3 is 1.92 bits per heavy atom. The molecule has 59 heavy (non-hydrogen) atoms. The maximum atomic E-state index is 5.19. The molecule has 278 valence electrons. The molecule has 1 aromatic heterocycles. The van der Waals surface area contributed by atoms with Crippen molar-refractivity contribution >= 4 is 61.3 Å². The normalized spacial score (nSPS) is 12.5. The van der Waals surface area contributed by atoms with Crippen LogP contribution in [0.2, 0.25) is 0 Å². The average molecular weight is 753 g/mol. The van der Waals surface area contributed by atoms with Crippen LogP contribution >= 0.6 is 0 Å². The number of hydrogen-bond acceptors (Lipinski definition) is 1. The zero-order chi connectivity index (χ0) is 39.3. The molecule has 10 aromatic rings. The first kappa shape index (κ1) is 34.7. The lowest BCUT2D eigenvalue weighted by atomic mass is 9.84. The number of hydrogen-bond donors (Lipinski definition) is 0. The van der Waals surface area contributed by atoms with Gasteiger partial charge in [-0.2, -0.15) is 0 Å². The molecule has 0 unspecified atom stereocenters. The van der Waals surface area contributed by atoms with Gasteiger partial charge in [0.05, 0.1) is 11.4 Å². The summed E-state index contributed by atoms with van der Waals surface area (Å²) in [6.07, 6.45) is 14.9. The lowest BCUT2D eigenvalue weighted by Gasteiger charge is -2.19. The minimum atomic E-state index is 0.878. The molecular formula is C57H40N2. The Morgan fingerprint density at radius 2 is 1.12 bits per heavy atom. The molecule has 0 atom stereocenters. The molecule has 0 fully saturated rings. The second-order valence-corrected chi connectivity index (χ2v) is 15.4. The molecule has 0 saturated carbocycles. The van der Waals surface area contributed by atoms with Crippen molar-refractivity contribution in [2.45, 2.75) is 12.8 Å². The number of fused-ring (bicyclic) bond motifs is 6. The van der Waals surface area contributed by atoms with Crippen molar-refractivity contribution in [2.24, 2.45) is 0 Å². The van der Waals surface area contributed by atoms with E-state index in [1.54, 1.807) is 6.08 Å². The van der Waals surface area contributed by atoms with Crippen LogP contribution in [0.25, 0.3) is 112 Å². The van der Waals surface area contributed by atoms with Crippen LogP contribution in [-0.4, -0.2) is 9.55 Å². The van der Waals surface area contributed by atoms with Gasteiger partial charge in [0.2, 0.25) is 0 Å². The van der Waals surface area contributed by atoms with Crippen LogP contribution in [0.1, 0.15) is 18.5 Å². The molecule has 0 aliphatic heterocycles. The SMILES string of the molecule is C=C/C=C\c1cn(-c2cc3ccccc3c3ccccc23)c(-c2ccc(-c3ccc4c(-c5cccc6ccccc56)c5c(c(-c6ccccc6)c4c3)=CCCC=5)cc2)n1. The van der Waals surface area contributed by atoms with Crippen LogP contribution in [-0.2, 0) is 0 Å². The number of aromatic nitrogens is 2. The molecule has 11 rings (SSSR count). The highest BCUT2D eigenvalue weighted by Crippen LogP contribution is 2.39. The van der Waals surface area contributed by atoms with Gasteiger partial charge in [-0.25, -0.2) is 4.98 Å². The van der Waals surface area contributed by atoms with E-state index in [0.717, 1.165) is 41.2 Å². The Hall–Kier alpha value is -7.55. The standard InChI is InChI=1S/C57H40N2/c1-2-3-21-44-37-59(54-36-43-19-8-10-23-46(43)47-24-11-12-25-48(47)54)57(58-44)41-31-29-38(30-32-41)42-33-34-52-53(35-42)55(40-17-5-4-6-18-40)50-26-13-14-27-51(50)56(52)49-28-15-20-39-16-7-9-22-45(39)49/h2-12,15-37H,1,13-14H2/b21-3-. The van der Waals surface area contributed by atoms with E-state index in [1.807, 2.05) is 12.2 Å². The minimum absolute atomic E-state index is 0.878. The number of rotatable bonds is 7. The van der Waals surface area contributed by atoms with Crippen molar-refractivity contribution in [3.8, 4) is 50.5 Å². The Morgan fingerprint density at radius 1 is 0.475 bits per heavy atom. The van der Waals surface area contributed by atoms with Gasteiger partial charge in [-0.15, -0.1) is 0 Å². The summed E-state index contributed by atoms with van der Waals surface area (Å²) in [5, 5.41) is 12.6. The molecule has 0 spiro atoms. The summed E-state index contributed by atoms with van der Waals surface area (Å²) in [7, 11) is 0. The molecule has 9 aromatic carbocycles. The van der Waals surface area contributed by atoms with Crippen LogP contribution in [0.5, 0.6) is 0 Å². The maximum Gasteiger partial charge on any atom is 0.145 e.